The molecule has 2 aliphatic heterocycles. The highest BCUT2D eigenvalue weighted by molar-refractivity contribution is 7.92. The zero-order chi connectivity index (χ0) is 26.5. The van der Waals surface area contributed by atoms with Crippen LogP contribution in [-0.4, -0.2) is 66.9 Å². The van der Waals surface area contributed by atoms with Crippen molar-refractivity contribution in [1.29, 1.82) is 0 Å². The van der Waals surface area contributed by atoms with E-state index in [9.17, 15) is 17.2 Å². The van der Waals surface area contributed by atoms with Crippen molar-refractivity contribution >= 4 is 27.2 Å². The van der Waals surface area contributed by atoms with Crippen molar-refractivity contribution in [2.45, 2.75) is 44.4 Å². The molecule has 2 saturated heterocycles. The predicted octanol–water partition coefficient (Wildman–Crippen LogP) is 4.52. The number of pyridine rings is 1. The first-order valence-corrected chi connectivity index (χ1v) is 14.9. The van der Waals surface area contributed by atoms with Crippen molar-refractivity contribution in [2.24, 2.45) is 5.41 Å². The van der Waals surface area contributed by atoms with Crippen molar-refractivity contribution in [2.75, 3.05) is 47.0 Å². The van der Waals surface area contributed by atoms with Gasteiger partial charge in [0.2, 0.25) is 10.0 Å². The summed E-state index contributed by atoms with van der Waals surface area (Å²) in [5.74, 6) is -0.956. The minimum absolute atomic E-state index is 0.185. The molecule has 0 amide bonds. The SMILES string of the molecule is CS(=O)(=O)Nc1ccc(-c2nnc(-c3cccc(N4CCC(F)(F)CC4)n3)[nH]2)c(N2CCC3(CC2)CC3)c1. The summed E-state index contributed by atoms with van der Waals surface area (Å²) in [5.41, 5.74) is 3.29. The normalized spacial score (nSPS) is 20.5. The van der Waals surface area contributed by atoms with Gasteiger partial charge in [-0.3, -0.25) is 4.72 Å². The summed E-state index contributed by atoms with van der Waals surface area (Å²) >= 11 is 0. The molecule has 9 nitrogen and oxygen atoms in total. The Bertz CT molecular complexity index is 1440. The fraction of sp³-hybridized carbons (Fsp3) is 0.500. The Morgan fingerprint density at radius 1 is 0.895 bits per heavy atom. The molecular formula is C26H31F2N7O2S. The van der Waals surface area contributed by atoms with E-state index >= 15 is 0 Å². The van der Waals surface area contributed by atoms with Crippen LogP contribution in [0, 0.1) is 5.41 Å². The molecule has 2 aromatic heterocycles. The van der Waals surface area contributed by atoms with E-state index in [-0.39, 0.29) is 25.9 Å². The first kappa shape index (κ1) is 25.0. The van der Waals surface area contributed by atoms with Gasteiger partial charge in [0.15, 0.2) is 11.6 Å². The highest BCUT2D eigenvalue weighted by Crippen LogP contribution is 2.54. The van der Waals surface area contributed by atoms with Crippen LogP contribution in [0.4, 0.5) is 26.0 Å². The second-order valence-corrected chi connectivity index (χ2v) is 12.6. The van der Waals surface area contributed by atoms with E-state index in [1.165, 1.54) is 12.8 Å². The summed E-state index contributed by atoms with van der Waals surface area (Å²) in [5, 5.41) is 8.74. The van der Waals surface area contributed by atoms with Gasteiger partial charge in [-0.1, -0.05) is 6.07 Å². The monoisotopic (exact) mass is 543 g/mol. The summed E-state index contributed by atoms with van der Waals surface area (Å²) in [7, 11) is -3.42. The third-order valence-electron chi connectivity index (χ3n) is 7.96. The van der Waals surface area contributed by atoms with Gasteiger partial charge in [-0.25, -0.2) is 22.2 Å². The average Bonchev–Trinajstić information content (AvgIpc) is 3.44. The molecule has 3 aliphatic rings. The number of piperidine rings is 2. The van der Waals surface area contributed by atoms with Crippen molar-refractivity contribution < 1.29 is 17.2 Å². The highest BCUT2D eigenvalue weighted by Gasteiger charge is 2.44. The second-order valence-electron chi connectivity index (χ2n) is 10.8. The average molecular weight is 544 g/mol. The maximum Gasteiger partial charge on any atom is 0.251 e. The Kier molecular flexibility index (Phi) is 6.04. The first-order chi connectivity index (χ1) is 18.1. The van der Waals surface area contributed by atoms with Crippen LogP contribution < -0.4 is 14.5 Å². The van der Waals surface area contributed by atoms with E-state index in [1.807, 2.05) is 35.2 Å². The van der Waals surface area contributed by atoms with Gasteiger partial charge in [-0.05, 0) is 61.4 Å². The lowest BCUT2D eigenvalue weighted by atomic mass is 9.93. The minimum Gasteiger partial charge on any atom is -0.371 e. The van der Waals surface area contributed by atoms with E-state index in [1.54, 1.807) is 6.07 Å². The number of H-pyrrole nitrogens is 1. The van der Waals surface area contributed by atoms with E-state index in [4.69, 9.17) is 0 Å². The van der Waals surface area contributed by atoms with E-state index < -0.39 is 15.9 Å². The molecular weight excluding hydrogens is 512 g/mol. The van der Waals surface area contributed by atoms with Crippen molar-refractivity contribution in [3.63, 3.8) is 0 Å². The number of sulfonamides is 1. The molecule has 2 N–H and O–H groups in total. The molecule has 0 unspecified atom stereocenters. The molecule has 1 spiro atoms. The van der Waals surface area contributed by atoms with Gasteiger partial charge in [-0.15, -0.1) is 10.2 Å². The number of rotatable bonds is 6. The molecule has 1 aliphatic carbocycles. The standard InChI is InChI=1S/C26H31F2N7O2S/c1-38(36,37)33-18-5-6-19(21(17-18)34-13-9-25(7-8-25)10-14-34)23-30-24(32-31-23)20-3-2-4-22(29-20)35-15-11-26(27,28)12-16-35/h2-6,17,33H,7-16H2,1H3,(H,30,31,32). The minimum atomic E-state index is -3.42. The van der Waals surface area contributed by atoms with Crippen LogP contribution in [0.2, 0.25) is 0 Å². The fourth-order valence-corrected chi connectivity index (χ4v) is 6.02. The maximum atomic E-state index is 13.6. The van der Waals surface area contributed by atoms with Crippen LogP contribution in [0.5, 0.6) is 0 Å². The van der Waals surface area contributed by atoms with Gasteiger partial charge in [-0.2, -0.15) is 0 Å². The lowest BCUT2D eigenvalue weighted by Crippen LogP contribution is -2.39. The number of aromatic amines is 1. The van der Waals surface area contributed by atoms with Crippen LogP contribution >= 0.6 is 0 Å². The smallest absolute Gasteiger partial charge is 0.251 e. The molecule has 12 heteroatoms. The fourth-order valence-electron chi connectivity index (χ4n) is 5.46. The Morgan fingerprint density at radius 2 is 1.58 bits per heavy atom. The van der Waals surface area contributed by atoms with E-state index in [0.717, 1.165) is 43.4 Å². The third-order valence-corrected chi connectivity index (χ3v) is 8.57. The number of hydrogen-bond donors (Lipinski definition) is 2. The van der Waals surface area contributed by atoms with Crippen LogP contribution in [0.1, 0.15) is 38.5 Å². The molecule has 202 valence electrons. The predicted molar refractivity (Wildman–Crippen MR) is 143 cm³/mol. The van der Waals surface area contributed by atoms with Gasteiger partial charge >= 0.3 is 0 Å². The number of anilines is 3. The van der Waals surface area contributed by atoms with E-state index in [2.05, 4.69) is 29.8 Å². The Labute approximate surface area is 220 Å². The van der Waals surface area contributed by atoms with Crippen molar-refractivity contribution in [1.82, 2.24) is 20.2 Å². The summed E-state index contributed by atoms with van der Waals surface area (Å²) in [6.07, 6.45) is 5.60. The zero-order valence-corrected chi connectivity index (χ0v) is 22.1. The molecule has 38 heavy (non-hydrogen) atoms. The maximum absolute atomic E-state index is 13.6. The molecule has 0 bridgehead atoms. The van der Waals surface area contributed by atoms with Crippen molar-refractivity contribution in [3.05, 3.63) is 36.4 Å². The van der Waals surface area contributed by atoms with E-state index in [0.29, 0.717) is 34.3 Å². The Hall–Kier alpha value is -3.28. The highest BCUT2D eigenvalue weighted by atomic mass is 32.2. The van der Waals surface area contributed by atoms with Crippen LogP contribution in [-0.2, 0) is 10.0 Å². The molecule has 6 rings (SSSR count). The van der Waals surface area contributed by atoms with Gasteiger partial charge in [0, 0.05) is 50.3 Å². The van der Waals surface area contributed by atoms with Crippen LogP contribution in [0.15, 0.2) is 36.4 Å². The van der Waals surface area contributed by atoms with Gasteiger partial charge in [0.1, 0.15) is 11.5 Å². The van der Waals surface area contributed by atoms with Gasteiger partial charge in [0.05, 0.1) is 11.9 Å². The molecule has 3 aromatic rings. The lowest BCUT2D eigenvalue weighted by molar-refractivity contribution is -0.0221. The largest absolute Gasteiger partial charge is 0.371 e. The summed E-state index contributed by atoms with van der Waals surface area (Å²) in [4.78, 5) is 12.1. The Balaban J connectivity index is 1.28. The third kappa shape index (κ3) is 5.31. The first-order valence-electron chi connectivity index (χ1n) is 13.0. The van der Waals surface area contributed by atoms with Crippen LogP contribution in [0.25, 0.3) is 22.9 Å². The number of aromatic nitrogens is 4. The number of hydrogen-bond acceptors (Lipinski definition) is 7. The number of alkyl halides is 2. The molecule has 3 fully saturated rings. The molecule has 0 radical (unpaired) electrons. The number of nitrogens with one attached hydrogen (secondary N) is 2. The molecule has 1 saturated carbocycles. The van der Waals surface area contributed by atoms with Gasteiger partial charge < -0.3 is 14.8 Å². The van der Waals surface area contributed by atoms with Crippen LogP contribution in [0.3, 0.4) is 0 Å². The number of benzene rings is 1. The zero-order valence-electron chi connectivity index (χ0n) is 21.3. The molecule has 4 heterocycles. The summed E-state index contributed by atoms with van der Waals surface area (Å²) in [6.45, 7) is 2.29. The van der Waals surface area contributed by atoms with Gasteiger partial charge in [0.25, 0.3) is 5.92 Å². The number of halogens is 2. The number of nitrogens with zero attached hydrogens (tertiary/aromatic N) is 5. The lowest BCUT2D eigenvalue weighted by Gasteiger charge is -2.35. The van der Waals surface area contributed by atoms with Crippen molar-refractivity contribution in [3.8, 4) is 22.9 Å². The molecule has 0 atom stereocenters. The quantitative estimate of drug-likeness (QED) is 0.471. The Morgan fingerprint density at radius 3 is 2.26 bits per heavy atom. The molecule has 1 aromatic carbocycles. The summed E-state index contributed by atoms with van der Waals surface area (Å²) < 4.78 is 53.5. The topological polar surface area (TPSA) is 107 Å². The summed E-state index contributed by atoms with van der Waals surface area (Å²) in [6, 6.07) is 10.9. The second kappa shape index (κ2) is 9.18.